The average Bonchev–Trinajstić information content (AvgIpc) is 2.81. The van der Waals surface area contributed by atoms with E-state index in [1.54, 1.807) is 18.2 Å². The van der Waals surface area contributed by atoms with Gasteiger partial charge in [-0.1, -0.05) is 42.2 Å². The van der Waals surface area contributed by atoms with E-state index in [0.29, 0.717) is 27.9 Å². The number of thiocarbonyl (C=S) groups is 1. The van der Waals surface area contributed by atoms with E-state index in [4.69, 9.17) is 17.0 Å². The quantitative estimate of drug-likeness (QED) is 0.385. The van der Waals surface area contributed by atoms with E-state index in [1.807, 2.05) is 19.0 Å². The molecule has 1 aliphatic rings. The first-order valence-corrected chi connectivity index (χ1v) is 8.91. The molecule has 5 nitrogen and oxygen atoms in total. The Bertz CT molecular complexity index is 713. The zero-order chi connectivity index (χ0) is 18.4. The Hall–Kier alpha value is -1.48. The highest BCUT2D eigenvalue weighted by atomic mass is 35.5. The number of nitrogens with zero attached hydrogens (tertiary/aromatic N) is 2. The minimum absolute atomic E-state index is 0. The Labute approximate surface area is 168 Å². The second-order valence-corrected chi connectivity index (χ2v) is 7.30. The van der Waals surface area contributed by atoms with Crippen molar-refractivity contribution in [3.63, 3.8) is 0 Å². The number of hydrogen-bond acceptors (Lipinski definition) is 6. The summed E-state index contributed by atoms with van der Waals surface area (Å²) in [6, 6.07) is 6.19. The van der Waals surface area contributed by atoms with Gasteiger partial charge in [-0.15, -0.1) is 12.4 Å². The van der Waals surface area contributed by atoms with Crippen LogP contribution in [0.3, 0.4) is 0 Å². The van der Waals surface area contributed by atoms with Crippen molar-refractivity contribution in [2.75, 3.05) is 33.8 Å². The highest BCUT2D eigenvalue weighted by Crippen LogP contribution is 2.32. The Balaban J connectivity index is 0.00000338. The molecule has 1 heterocycles. The van der Waals surface area contributed by atoms with Crippen LogP contribution in [0.15, 0.2) is 29.2 Å². The van der Waals surface area contributed by atoms with Crippen molar-refractivity contribution in [3.8, 4) is 0 Å². The summed E-state index contributed by atoms with van der Waals surface area (Å²) in [6.07, 6.45) is 1.54. The van der Waals surface area contributed by atoms with Crippen LogP contribution in [0.2, 0.25) is 0 Å². The molecule has 142 valence electrons. The second-order valence-electron chi connectivity index (χ2n) is 5.63. The molecule has 0 aliphatic carbocycles. The van der Waals surface area contributed by atoms with Crippen molar-refractivity contribution in [1.82, 2.24) is 9.80 Å². The number of amides is 1. The zero-order valence-corrected chi connectivity index (χ0v) is 16.9. The van der Waals surface area contributed by atoms with Gasteiger partial charge >= 0.3 is 5.97 Å². The van der Waals surface area contributed by atoms with Gasteiger partial charge in [0.25, 0.3) is 5.91 Å². The second kappa shape index (κ2) is 10.6. The van der Waals surface area contributed by atoms with Crippen molar-refractivity contribution in [2.24, 2.45) is 0 Å². The van der Waals surface area contributed by atoms with Gasteiger partial charge in [0.15, 0.2) is 0 Å². The van der Waals surface area contributed by atoms with Crippen LogP contribution >= 0.6 is 36.4 Å². The molecule has 2 rings (SSSR count). The van der Waals surface area contributed by atoms with Crippen LogP contribution in [0.5, 0.6) is 0 Å². The summed E-state index contributed by atoms with van der Waals surface area (Å²) in [7, 11) is 3.77. The van der Waals surface area contributed by atoms with Gasteiger partial charge in [-0.05, 0) is 26.2 Å². The van der Waals surface area contributed by atoms with Crippen LogP contribution in [0.1, 0.15) is 12.0 Å². The molecular formula is C17H20ClFN2O3S2. The maximum absolute atomic E-state index is 13.7. The molecule has 0 spiro atoms. The maximum Gasteiger partial charge on any atom is 0.307 e. The molecule has 1 fully saturated rings. The number of ether oxygens (including phenoxy) is 1. The molecule has 0 aromatic heterocycles. The molecule has 9 heteroatoms. The van der Waals surface area contributed by atoms with Gasteiger partial charge in [0.1, 0.15) is 16.7 Å². The lowest BCUT2D eigenvalue weighted by Gasteiger charge is -2.14. The minimum atomic E-state index is -0.405. The highest BCUT2D eigenvalue weighted by Gasteiger charge is 2.32. The number of carbonyl (C=O) groups is 2. The number of rotatable bonds is 7. The van der Waals surface area contributed by atoms with E-state index in [2.05, 4.69) is 0 Å². The predicted octanol–water partition coefficient (Wildman–Crippen LogP) is 2.94. The molecule has 0 saturated carbocycles. The van der Waals surface area contributed by atoms with E-state index in [9.17, 15) is 14.0 Å². The standard InChI is InChI=1S/C17H19FN2O3S2.ClH/c1-19(2)9-10-23-15(21)7-8-20-16(22)14(25-17(20)24)11-12-5-3-4-6-13(12)18;/h3-6,11H,7-10H2,1-2H3;1H/b14-11-;. The summed E-state index contributed by atoms with van der Waals surface area (Å²) in [6.45, 7) is 1.09. The Morgan fingerprint density at radius 1 is 1.38 bits per heavy atom. The van der Waals surface area contributed by atoms with Crippen molar-refractivity contribution in [1.29, 1.82) is 0 Å². The molecule has 1 saturated heterocycles. The minimum Gasteiger partial charge on any atom is -0.464 e. The van der Waals surface area contributed by atoms with E-state index in [1.165, 1.54) is 17.0 Å². The summed E-state index contributed by atoms with van der Waals surface area (Å²) in [5, 5.41) is 0. The van der Waals surface area contributed by atoms with Crippen molar-refractivity contribution in [3.05, 3.63) is 40.6 Å². The zero-order valence-electron chi connectivity index (χ0n) is 14.4. The third kappa shape index (κ3) is 6.35. The Kier molecular flexibility index (Phi) is 9.21. The van der Waals surface area contributed by atoms with Crippen LogP contribution < -0.4 is 0 Å². The van der Waals surface area contributed by atoms with Gasteiger partial charge in [-0.25, -0.2) is 4.39 Å². The van der Waals surface area contributed by atoms with E-state index >= 15 is 0 Å². The van der Waals surface area contributed by atoms with Gasteiger partial charge < -0.3 is 9.64 Å². The molecule has 0 bridgehead atoms. The van der Waals surface area contributed by atoms with Crippen LogP contribution in [0.4, 0.5) is 4.39 Å². The maximum atomic E-state index is 13.7. The summed E-state index contributed by atoms with van der Waals surface area (Å²) >= 11 is 6.29. The topological polar surface area (TPSA) is 49.9 Å². The molecule has 0 radical (unpaired) electrons. The summed E-state index contributed by atoms with van der Waals surface area (Å²) < 4.78 is 19.2. The predicted molar refractivity (Wildman–Crippen MR) is 108 cm³/mol. The summed E-state index contributed by atoms with van der Waals surface area (Å²) in [5.74, 6) is -1.11. The fourth-order valence-corrected chi connectivity index (χ4v) is 3.34. The first kappa shape index (κ1) is 22.6. The Morgan fingerprint density at radius 3 is 2.73 bits per heavy atom. The number of hydrogen-bond donors (Lipinski definition) is 0. The van der Waals surface area contributed by atoms with Crippen molar-refractivity contribution >= 4 is 58.7 Å². The van der Waals surface area contributed by atoms with E-state index < -0.39 is 5.82 Å². The van der Waals surface area contributed by atoms with E-state index in [-0.39, 0.29) is 37.2 Å². The fraction of sp³-hybridized carbons (Fsp3) is 0.353. The highest BCUT2D eigenvalue weighted by molar-refractivity contribution is 8.26. The molecule has 1 aliphatic heterocycles. The van der Waals surface area contributed by atoms with Crippen LogP contribution in [0.25, 0.3) is 6.08 Å². The third-order valence-corrected chi connectivity index (χ3v) is 4.78. The molecule has 0 N–H and O–H groups in total. The van der Waals surface area contributed by atoms with Crippen LogP contribution in [-0.2, 0) is 14.3 Å². The number of thioether (sulfide) groups is 1. The Morgan fingerprint density at radius 2 is 2.08 bits per heavy atom. The SMILES string of the molecule is CN(C)CCOC(=O)CCN1C(=O)/C(=C/c2ccccc2F)SC1=S.Cl. The van der Waals surface area contributed by atoms with Gasteiger partial charge in [0.05, 0.1) is 11.3 Å². The normalized spacial score (nSPS) is 15.5. The largest absolute Gasteiger partial charge is 0.464 e. The fourth-order valence-electron chi connectivity index (χ4n) is 2.04. The molecule has 26 heavy (non-hydrogen) atoms. The van der Waals surface area contributed by atoms with Crippen LogP contribution in [0, 0.1) is 5.82 Å². The van der Waals surface area contributed by atoms with Crippen LogP contribution in [-0.4, -0.2) is 59.8 Å². The van der Waals surface area contributed by atoms with Gasteiger partial charge in [0, 0.05) is 18.7 Å². The third-order valence-electron chi connectivity index (χ3n) is 3.41. The smallest absolute Gasteiger partial charge is 0.307 e. The molecular weight excluding hydrogens is 399 g/mol. The van der Waals surface area contributed by atoms with Gasteiger partial charge in [-0.2, -0.15) is 0 Å². The molecule has 0 unspecified atom stereocenters. The lowest BCUT2D eigenvalue weighted by Crippen LogP contribution is -2.31. The number of benzene rings is 1. The van der Waals surface area contributed by atoms with E-state index in [0.717, 1.165) is 11.8 Å². The summed E-state index contributed by atoms with van der Waals surface area (Å²) in [4.78, 5) is 27.7. The monoisotopic (exact) mass is 418 g/mol. The number of halogens is 2. The molecule has 1 amide bonds. The number of carbonyl (C=O) groups excluding carboxylic acids is 2. The number of likely N-dealkylation sites (N-methyl/N-ethyl adjacent to an activating group) is 1. The first-order valence-electron chi connectivity index (χ1n) is 7.68. The van der Waals surface area contributed by atoms with Crippen molar-refractivity contribution in [2.45, 2.75) is 6.42 Å². The van der Waals surface area contributed by atoms with Crippen molar-refractivity contribution < 1.29 is 18.7 Å². The molecule has 0 atom stereocenters. The molecule has 1 aromatic rings. The van der Waals surface area contributed by atoms with Gasteiger partial charge in [-0.3, -0.25) is 14.5 Å². The first-order chi connectivity index (χ1) is 11.9. The summed E-state index contributed by atoms with van der Waals surface area (Å²) in [5.41, 5.74) is 0.325. The average molecular weight is 419 g/mol. The lowest BCUT2D eigenvalue weighted by atomic mass is 10.2. The number of esters is 1. The van der Waals surface area contributed by atoms with Gasteiger partial charge in [0.2, 0.25) is 0 Å². The lowest BCUT2D eigenvalue weighted by molar-refractivity contribution is -0.144. The molecule has 1 aromatic carbocycles.